The summed E-state index contributed by atoms with van der Waals surface area (Å²) in [5, 5.41) is 8.56. The molecule has 0 radical (unpaired) electrons. The second-order valence-corrected chi connectivity index (χ2v) is 9.28. The summed E-state index contributed by atoms with van der Waals surface area (Å²) in [5.74, 6) is -3.41. The Morgan fingerprint density at radius 2 is 1.78 bits per heavy atom. The first-order valence-electron chi connectivity index (χ1n) is 11.6. The summed E-state index contributed by atoms with van der Waals surface area (Å²) in [5.41, 5.74) is 0.0408. The van der Waals surface area contributed by atoms with Crippen molar-refractivity contribution in [3.63, 3.8) is 0 Å². The minimum Gasteiger partial charge on any atom is -0.367 e. The van der Waals surface area contributed by atoms with Gasteiger partial charge in [-0.25, -0.2) is 27.8 Å². The molecule has 1 aliphatic carbocycles. The van der Waals surface area contributed by atoms with Crippen molar-refractivity contribution >= 4 is 16.9 Å². The second kappa shape index (κ2) is 8.40. The molecule has 186 valence electrons. The van der Waals surface area contributed by atoms with Gasteiger partial charge in [0, 0.05) is 37.0 Å². The fourth-order valence-corrected chi connectivity index (χ4v) is 4.50. The van der Waals surface area contributed by atoms with E-state index in [0.717, 1.165) is 29.2 Å². The minimum atomic E-state index is -1.32. The zero-order valence-electron chi connectivity index (χ0n) is 19.5. The highest BCUT2D eigenvalue weighted by Crippen LogP contribution is 2.36. The number of benzene rings is 1. The molecule has 1 aromatic carbocycles. The minimum absolute atomic E-state index is 0.00567. The number of rotatable bonds is 4. The van der Waals surface area contributed by atoms with Crippen molar-refractivity contribution in [1.29, 1.82) is 0 Å². The number of aryl methyl sites for hydroxylation is 1. The van der Waals surface area contributed by atoms with Crippen molar-refractivity contribution in [2.45, 2.75) is 38.0 Å². The molecule has 3 aromatic heterocycles. The predicted octanol–water partition coefficient (Wildman–Crippen LogP) is 3.31. The van der Waals surface area contributed by atoms with Gasteiger partial charge in [0.1, 0.15) is 17.4 Å². The lowest BCUT2D eigenvalue weighted by atomic mass is 10.1. The normalized spacial score (nSPS) is 20.3. The average Bonchev–Trinajstić information content (AvgIpc) is 3.59. The Morgan fingerprint density at radius 3 is 2.56 bits per heavy atom. The first-order valence-corrected chi connectivity index (χ1v) is 11.6. The molecular weight excluding hydrogens is 475 g/mol. The van der Waals surface area contributed by atoms with Crippen molar-refractivity contribution in [3.8, 4) is 11.3 Å². The number of ether oxygens (including phenoxy) is 1. The van der Waals surface area contributed by atoms with Crippen LogP contribution in [0.5, 0.6) is 0 Å². The zero-order valence-corrected chi connectivity index (χ0v) is 19.5. The lowest BCUT2D eigenvalue weighted by molar-refractivity contribution is -0.0178. The molecule has 0 amide bonds. The largest absolute Gasteiger partial charge is 0.367 e. The molecule has 6 rings (SSSR count). The van der Waals surface area contributed by atoms with E-state index in [1.54, 1.807) is 6.20 Å². The molecule has 9 nitrogen and oxygen atoms in total. The molecule has 12 heteroatoms. The molecule has 0 spiro atoms. The molecule has 0 unspecified atom stereocenters. The molecule has 2 atom stereocenters. The molecule has 2 fully saturated rings. The fourth-order valence-electron chi connectivity index (χ4n) is 4.50. The second-order valence-electron chi connectivity index (χ2n) is 9.28. The molecule has 4 heterocycles. The number of hydrogen-bond donors (Lipinski definition) is 0. The highest BCUT2D eigenvalue weighted by Gasteiger charge is 2.32. The standard InChI is InChI=1S/C24H22F3N7O2/c1-12-9-33(11-20(36-12)13-7-29-34(10-13)14-3-4-14)24-30-21(15-5-18(26)19(27)6-17(15)25)16-8-28-32(2)23(35)22(16)31-24/h5-8,10,12,14,20H,3-4,9,11H2,1-2H3/t12-,20-/m0/s1. The Labute approximate surface area is 203 Å². The van der Waals surface area contributed by atoms with Crippen LogP contribution in [0.3, 0.4) is 0 Å². The molecule has 1 saturated carbocycles. The molecule has 0 N–H and O–H groups in total. The van der Waals surface area contributed by atoms with Gasteiger partial charge < -0.3 is 9.64 Å². The first-order chi connectivity index (χ1) is 17.3. The van der Waals surface area contributed by atoms with Crippen LogP contribution in [0.25, 0.3) is 22.2 Å². The van der Waals surface area contributed by atoms with Gasteiger partial charge in [-0.3, -0.25) is 9.48 Å². The first kappa shape index (κ1) is 22.7. The number of fused-ring (bicyclic) bond motifs is 1. The Bertz CT molecular complexity index is 1550. The van der Waals surface area contributed by atoms with Crippen LogP contribution >= 0.6 is 0 Å². The number of aromatic nitrogens is 6. The van der Waals surface area contributed by atoms with E-state index in [9.17, 15) is 18.0 Å². The summed E-state index contributed by atoms with van der Waals surface area (Å²) in [4.78, 5) is 23.8. The van der Waals surface area contributed by atoms with Crippen LogP contribution in [0.15, 0.2) is 35.5 Å². The molecule has 1 aliphatic heterocycles. The van der Waals surface area contributed by atoms with Crippen LogP contribution in [0.2, 0.25) is 0 Å². The summed E-state index contributed by atoms with van der Waals surface area (Å²) < 4.78 is 51.7. The van der Waals surface area contributed by atoms with Crippen LogP contribution in [-0.2, 0) is 11.8 Å². The summed E-state index contributed by atoms with van der Waals surface area (Å²) in [6, 6.07) is 1.61. The molecule has 1 saturated heterocycles. The molecule has 4 aromatic rings. The monoisotopic (exact) mass is 497 g/mol. The zero-order chi connectivity index (χ0) is 25.1. The van der Waals surface area contributed by atoms with Gasteiger partial charge in [0.25, 0.3) is 5.56 Å². The quantitative estimate of drug-likeness (QED) is 0.400. The maximum Gasteiger partial charge on any atom is 0.293 e. The Hall–Kier alpha value is -3.80. The van der Waals surface area contributed by atoms with Crippen molar-refractivity contribution in [3.05, 3.63) is 64.1 Å². The van der Waals surface area contributed by atoms with Gasteiger partial charge in [-0.15, -0.1) is 0 Å². The Balaban J connectivity index is 1.46. The molecule has 2 aliphatic rings. The lowest BCUT2D eigenvalue weighted by Gasteiger charge is -2.36. The topological polar surface area (TPSA) is 91.0 Å². The molecule has 36 heavy (non-hydrogen) atoms. The van der Waals surface area contributed by atoms with Gasteiger partial charge in [0.2, 0.25) is 5.95 Å². The summed E-state index contributed by atoms with van der Waals surface area (Å²) in [6.45, 7) is 2.67. The van der Waals surface area contributed by atoms with E-state index in [-0.39, 0.29) is 40.3 Å². The molecular formula is C24H22F3N7O2. The summed E-state index contributed by atoms with van der Waals surface area (Å²) in [7, 11) is 1.46. The van der Waals surface area contributed by atoms with Crippen molar-refractivity contribution in [2.24, 2.45) is 7.05 Å². The third-order valence-corrected chi connectivity index (χ3v) is 6.51. The maximum atomic E-state index is 14.8. The Kier molecular flexibility index (Phi) is 5.29. The van der Waals surface area contributed by atoms with E-state index in [4.69, 9.17) is 4.74 Å². The number of hydrogen-bond acceptors (Lipinski definition) is 7. The van der Waals surface area contributed by atoms with Gasteiger partial charge in [0.05, 0.1) is 42.2 Å². The van der Waals surface area contributed by atoms with Gasteiger partial charge >= 0.3 is 0 Å². The van der Waals surface area contributed by atoms with Crippen molar-refractivity contribution in [1.82, 2.24) is 29.5 Å². The third-order valence-electron chi connectivity index (χ3n) is 6.51. The van der Waals surface area contributed by atoms with Crippen LogP contribution < -0.4 is 10.5 Å². The highest BCUT2D eigenvalue weighted by atomic mass is 19.2. The van der Waals surface area contributed by atoms with E-state index in [1.165, 1.54) is 13.2 Å². The lowest BCUT2D eigenvalue weighted by Crippen LogP contribution is -2.43. The van der Waals surface area contributed by atoms with Gasteiger partial charge in [0.15, 0.2) is 11.6 Å². The van der Waals surface area contributed by atoms with Gasteiger partial charge in [-0.05, 0) is 25.8 Å². The highest BCUT2D eigenvalue weighted by molar-refractivity contribution is 5.92. The molecule has 0 bridgehead atoms. The van der Waals surface area contributed by atoms with Crippen LogP contribution in [0.1, 0.15) is 37.5 Å². The van der Waals surface area contributed by atoms with Gasteiger partial charge in [-0.2, -0.15) is 10.2 Å². The van der Waals surface area contributed by atoms with Gasteiger partial charge in [-0.1, -0.05) is 0 Å². The summed E-state index contributed by atoms with van der Waals surface area (Å²) >= 11 is 0. The van der Waals surface area contributed by atoms with Crippen LogP contribution in [0.4, 0.5) is 19.1 Å². The third kappa shape index (κ3) is 3.91. The number of morpholine rings is 1. The van der Waals surface area contributed by atoms with E-state index >= 15 is 0 Å². The maximum absolute atomic E-state index is 14.8. The Morgan fingerprint density at radius 1 is 1.00 bits per heavy atom. The van der Waals surface area contributed by atoms with Crippen LogP contribution in [-0.4, -0.2) is 48.7 Å². The predicted molar refractivity (Wildman–Crippen MR) is 124 cm³/mol. The van der Waals surface area contributed by atoms with Crippen LogP contribution in [0, 0.1) is 17.5 Å². The van der Waals surface area contributed by atoms with Crippen molar-refractivity contribution in [2.75, 3.05) is 18.0 Å². The fraction of sp³-hybridized carbons (Fsp3) is 0.375. The van der Waals surface area contributed by atoms with E-state index in [2.05, 4.69) is 20.2 Å². The van der Waals surface area contributed by atoms with E-state index in [1.807, 2.05) is 22.7 Å². The number of halogens is 3. The summed E-state index contributed by atoms with van der Waals surface area (Å²) in [6.07, 6.45) is 6.74. The SMILES string of the molecule is C[C@H]1CN(c2nc(-c3cc(F)c(F)cc3F)c3cnn(C)c(=O)c3n2)C[C@@H](c2cnn(C3CC3)c2)O1. The van der Waals surface area contributed by atoms with E-state index < -0.39 is 23.0 Å². The van der Waals surface area contributed by atoms with E-state index in [0.29, 0.717) is 25.2 Å². The average molecular weight is 497 g/mol. The van der Waals surface area contributed by atoms with Crippen molar-refractivity contribution < 1.29 is 17.9 Å². The smallest absolute Gasteiger partial charge is 0.293 e. The number of nitrogens with zero attached hydrogens (tertiary/aromatic N) is 7. The number of anilines is 1.